The van der Waals surface area contributed by atoms with E-state index in [-0.39, 0.29) is 15.5 Å². The fraction of sp³-hybridized carbons (Fsp3) is 0.200. The first-order valence-corrected chi connectivity index (χ1v) is 9.98. The van der Waals surface area contributed by atoms with Gasteiger partial charge in [-0.05, 0) is 48.9 Å². The molecule has 0 unspecified atom stereocenters. The summed E-state index contributed by atoms with van der Waals surface area (Å²) in [6.45, 7) is 1.69. The van der Waals surface area contributed by atoms with E-state index in [2.05, 4.69) is 4.72 Å². The summed E-state index contributed by atoms with van der Waals surface area (Å²) >= 11 is 0. The van der Waals surface area contributed by atoms with Crippen LogP contribution in [0.2, 0.25) is 0 Å². The zero-order valence-corrected chi connectivity index (χ0v) is 14.5. The van der Waals surface area contributed by atoms with Crippen LogP contribution < -0.4 is 9.46 Å². The monoisotopic (exact) mass is 355 g/mol. The lowest BCUT2D eigenvalue weighted by atomic mass is 10.2. The normalized spacial score (nSPS) is 12.0. The van der Waals surface area contributed by atoms with Crippen LogP contribution in [0, 0.1) is 6.92 Å². The van der Waals surface area contributed by atoms with Crippen molar-refractivity contribution < 1.29 is 21.6 Å². The molecule has 1 N–H and O–H groups in total. The van der Waals surface area contributed by atoms with Crippen LogP contribution in [0.3, 0.4) is 0 Å². The number of ether oxygens (including phenoxy) is 1. The number of aryl methyl sites for hydroxylation is 1. The van der Waals surface area contributed by atoms with E-state index < -0.39 is 19.9 Å². The van der Waals surface area contributed by atoms with Gasteiger partial charge in [0.05, 0.1) is 22.6 Å². The van der Waals surface area contributed by atoms with Crippen molar-refractivity contribution in [2.24, 2.45) is 0 Å². The third kappa shape index (κ3) is 4.02. The van der Waals surface area contributed by atoms with Gasteiger partial charge in [0.25, 0.3) is 10.0 Å². The molecule has 0 radical (unpaired) electrons. The van der Waals surface area contributed by atoms with Crippen molar-refractivity contribution in [3.05, 3.63) is 48.0 Å². The fourth-order valence-corrected chi connectivity index (χ4v) is 3.67. The second-order valence-corrected chi connectivity index (χ2v) is 8.73. The van der Waals surface area contributed by atoms with Crippen LogP contribution in [0.5, 0.6) is 5.75 Å². The molecule has 6 nitrogen and oxygen atoms in total. The molecule has 2 aromatic carbocycles. The molecule has 2 rings (SSSR count). The maximum Gasteiger partial charge on any atom is 0.261 e. The van der Waals surface area contributed by atoms with Crippen molar-refractivity contribution in [2.45, 2.75) is 16.7 Å². The zero-order chi connectivity index (χ0) is 17.3. The summed E-state index contributed by atoms with van der Waals surface area (Å²) in [4.78, 5) is 0.109. The topological polar surface area (TPSA) is 89.5 Å². The van der Waals surface area contributed by atoms with Gasteiger partial charge in [0, 0.05) is 6.26 Å². The molecule has 124 valence electrons. The van der Waals surface area contributed by atoms with Crippen molar-refractivity contribution in [1.29, 1.82) is 0 Å². The van der Waals surface area contributed by atoms with E-state index in [1.165, 1.54) is 43.5 Å². The van der Waals surface area contributed by atoms with E-state index >= 15 is 0 Å². The van der Waals surface area contributed by atoms with Gasteiger partial charge in [0.1, 0.15) is 5.75 Å². The molecule has 0 atom stereocenters. The Kier molecular flexibility index (Phi) is 4.67. The summed E-state index contributed by atoms with van der Waals surface area (Å²) in [5, 5.41) is 0. The van der Waals surface area contributed by atoms with Crippen LogP contribution in [0.15, 0.2) is 52.3 Å². The first-order chi connectivity index (χ1) is 10.6. The highest BCUT2D eigenvalue weighted by molar-refractivity contribution is 7.92. The second-order valence-electron chi connectivity index (χ2n) is 5.03. The summed E-state index contributed by atoms with van der Waals surface area (Å²) in [6, 6.07) is 10.2. The molecule has 0 aliphatic rings. The average Bonchev–Trinajstić information content (AvgIpc) is 2.48. The van der Waals surface area contributed by atoms with Gasteiger partial charge < -0.3 is 4.74 Å². The number of sulfone groups is 1. The fourth-order valence-electron chi connectivity index (χ4n) is 1.90. The summed E-state index contributed by atoms with van der Waals surface area (Å²) in [6.07, 6.45) is 1.07. The van der Waals surface area contributed by atoms with E-state index in [0.717, 1.165) is 6.26 Å². The van der Waals surface area contributed by atoms with Crippen molar-refractivity contribution in [3.8, 4) is 5.75 Å². The Morgan fingerprint density at radius 2 is 1.48 bits per heavy atom. The van der Waals surface area contributed by atoms with Gasteiger partial charge in [-0.3, -0.25) is 4.72 Å². The minimum absolute atomic E-state index is 0.0514. The Balaban J connectivity index is 2.40. The number of nitrogens with one attached hydrogen (secondary N) is 1. The van der Waals surface area contributed by atoms with Gasteiger partial charge in [-0.1, -0.05) is 6.07 Å². The molecule has 2 aromatic rings. The quantitative estimate of drug-likeness (QED) is 0.888. The number of methoxy groups -OCH3 is 1. The predicted molar refractivity (Wildman–Crippen MR) is 88.1 cm³/mol. The maximum atomic E-state index is 12.4. The van der Waals surface area contributed by atoms with Gasteiger partial charge in [-0.2, -0.15) is 0 Å². The molecule has 8 heteroatoms. The van der Waals surface area contributed by atoms with Gasteiger partial charge in [0.2, 0.25) is 0 Å². The molecule has 0 saturated heterocycles. The average molecular weight is 355 g/mol. The molecular weight excluding hydrogens is 338 g/mol. The standard InChI is InChI=1S/C15H17NO5S2/c1-11-4-7-14(22(3,17)18)10-15(11)16-23(19,20)13-8-5-12(21-2)6-9-13/h4-10,16H,1-3H3. The number of anilines is 1. The number of hydrogen-bond donors (Lipinski definition) is 1. The number of hydrogen-bond acceptors (Lipinski definition) is 5. The summed E-state index contributed by atoms with van der Waals surface area (Å²) in [5.74, 6) is 0.541. The molecular formula is C15H17NO5S2. The molecule has 0 bridgehead atoms. The van der Waals surface area contributed by atoms with Crippen LogP contribution in [0.4, 0.5) is 5.69 Å². The van der Waals surface area contributed by atoms with E-state index in [9.17, 15) is 16.8 Å². The first-order valence-electron chi connectivity index (χ1n) is 6.61. The number of sulfonamides is 1. The lowest BCUT2D eigenvalue weighted by molar-refractivity contribution is 0.414. The Morgan fingerprint density at radius 1 is 0.913 bits per heavy atom. The van der Waals surface area contributed by atoms with Crippen molar-refractivity contribution in [2.75, 3.05) is 18.1 Å². The minimum Gasteiger partial charge on any atom is -0.497 e. The molecule has 0 aliphatic carbocycles. The molecule has 0 spiro atoms. The third-order valence-corrected chi connectivity index (χ3v) is 5.74. The lowest BCUT2D eigenvalue weighted by Gasteiger charge is -2.12. The molecule has 0 aromatic heterocycles. The highest BCUT2D eigenvalue weighted by Crippen LogP contribution is 2.24. The Labute approximate surface area is 136 Å². The van der Waals surface area contributed by atoms with Gasteiger partial charge in [-0.15, -0.1) is 0 Å². The second kappa shape index (κ2) is 6.21. The van der Waals surface area contributed by atoms with Crippen molar-refractivity contribution in [1.82, 2.24) is 0 Å². The predicted octanol–water partition coefficient (Wildman–Crippen LogP) is 2.21. The highest BCUT2D eigenvalue weighted by Gasteiger charge is 2.17. The molecule has 0 saturated carbocycles. The molecule has 23 heavy (non-hydrogen) atoms. The summed E-state index contributed by atoms with van der Waals surface area (Å²) in [5.41, 5.74) is 0.846. The van der Waals surface area contributed by atoms with Gasteiger partial charge >= 0.3 is 0 Å². The van der Waals surface area contributed by atoms with Crippen molar-refractivity contribution in [3.63, 3.8) is 0 Å². The maximum absolute atomic E-state index is 12.4. The van der Waals surface area contributed by atoms with E-state index in [1.807, 2.05) is 0 Å². The Morgan fingerprint density at radius 3 is 2.00 bits per heavy atom. The van der Waals surface area contributed by atoms with E-state index in [4.69, 9.17) is 4.74 Å². The zero-order valence-electron chi connectivity index (χ0n) is 12.9. The van der Waals surface area contributed by atoms with Crippen molar-refractivity contribution >= 4 is 25.5 Å². The summed E-state index contributed by atoms with van der Waals surface area (Å²) in [7, 11) is -5.76. The van der Waals surface area contributed by atoms with Gasteiger partial charge in [-0.25, -0.2) is 16.8 Å². The largest absolute Gasteiger partial charge is 0.497 e. The van der Waals surface area contributed by atoms with Crippen LogP contribution in [-0.4, -0.2) is 30.2 Å². The number of benzene rings is 2. The van der Waals surface area contributed by atoms with Crippen LogP contribution in [-0.2, 0) is 19.9 Å². The third-order valence-electron chi connectivity index (χ3n) is 3.25. The van der Waals surface area contributed by atoms with Crippen LogP contribution in [0.1, 0.15) is 5.56 Å². The Hall–Kier alpha value is -2.06. The van der Waals surface area contributed by atoms with E-state index in [0.29, 0.717) is 11.3 Å². The van der Waals surface area contributed by atoms with Crippen LogP contribution in [0.25, 0.3) is 0 Å². The lowest BCUT2D eigenvalue weighted by Crippen LogP contribution is -2.14. The molecule has 0 heterocycles. The number of rotatable bonds is 5. The molecule has 0 aliphatic heterocycles. The first kappa shape index (κ1) is 17.3. The minimum atomic E-state index is -3.82. The highest BCUT2D eigenvalue weighted by atomic mass is 32.2. The SMILES string of the molecule is COc1ccc(S(=O)(=O)Nc2cc(S(C)(=O)=O)ccc2C)cc1. The molecule has 0 fully saturated rings. The summed E-state index contributed by atoms with van der Waals surface area (Å²) < 4.78 is 55.5. The smallest absolute Gasteiger partial charge is 0.261 e. The van der Waals surface area contributed by atoms with Crippen LogP contribution >= 0.6 is 0 Å². The molecule has 0 amide bonds. The Bertz CT molecular complexity index is 917. The van der Waals surface area contributed by atoms with E-state index in [1.54, 1.807) is 13.0 Å². The van der Waals surface area contributed by atoms with Gasteiger partial charge in [0.15, 0.2) is 9.84 Å².